The van der Waals surface area contributed by atoms with Gasteiger partial charge in [-0.05, 0) is 65.9 Å². The summed E-state index contributed by atoms with van der Waals surface area (Å²) in [7, 11) is 1.57. The summed E-state index contributed by atoms with van der Waals surface area (Å²) >= 11 is 5.97. The van der Waals surface area contributed by atoms with E-state index in [2.05, 4.69) is 27.7 Å². The normalized spacial score (nSPS) is 18.7. The van der Waals surface area contributed by atoms with E-state index in [1.807, 2.05) is 44.2 Å². The van der Waals surface area contributed by atoms with Gasteiger partial charge in [-0.25, -0.2) is 4.79 Å². The maximum atomic E-state index is 12.2. The largest absolute Gasteiger partial charge is 0.391 e. The van der Waals surface area contributed by atoms with Crippen LogP contribution in [0.3, 0.4) is 0 Å². The first kappa shape index (κ1) is 19.4. The molecule has 150 valence electrons. The number of halogens is 1. The zero-order valence-corrected chi connectivity index (χ0v) is 17.3. The Balaban J connectivity index is 1.47. The van der Waals surface area contributed by atoms with Crippen molar-refractivity contribution in [3.8, 4) is 5.69 Å². The highest BCUT2D eigenvalue weighted by Gasteiger charge is 2.40. The van der Waals surface area contributed by atoms with E-state index in [-0.39, 0.29) is 12.3 Å². The summed E-state index contributed by atoms with van der Waals surface area (Å²) in [6.07, 6.45) is 1.06. The Morgan fingerprint density at radius 1 is 1.24 bits per heavy atom. The van der Waals surface area contributed by atoms with Gasteiger partial charge in [0, 0.05) is 23.6 Å². The minimum Gasteiger partial charge on any atom is -0.391 e. The molecular weight excluding hydrogens is 390 g/mol. The maximum Gasteiger partial charge on any atom is 0.368 e. The molecule has 3 aromatic rings. The van der Waals surface area contributed by atoms with Crippen LogP contribution >= 0.6 is 11.6 Å². The third-order valence-electron chi connectivity index (χ3n) is 5.38. The highest BCUT2D eigenvalue weighted by molar-refractivity contribution is 6.30. The Morgan fingerprint density at radius 2 is 2.00 bits per heavy atom. The molecule has 1 aliphatic rings. The zero-order chi connectivity index (χ0) is 20.5. The number of oxime groups is 1. The quantitative estimate of drug-likeness (QED) is 0.458. The maximum absolute atomic E-state index is 12.2. The Bertz CT molecular complexity index is 1120. The minimum atomic E-state index is -0.305. The summed E-state index contributed by atoms with van der Waals surface area (Å²) in [5.41, 5.74) is 4.45. The van der Waals surface area contributed by atoms with Gasteiger partial charge in [0.05, 0.1) is 11.4 Å². The van der Waals surface area contributed by atoms with E-state index >= 15 is 0 Å². The van der Waals surface area contributed by atoms with E-state index in [9.17, 15) is 4.79 Å². The molecule has 1 aromatic heterocycles. The molecule has 0 bridgehead atoms. The van der Waals surface area contributed by atoms with Crippen molar-refractivity contribution in [2.75, 3.05) is 0 Å². The lowest BCUT2D eigenvalue weighted by Crippen LogP contribution is -2.23. The first-order valence-corrected chi connectivity index (χ1v) is 9.83. The lowest BCUT2D eigenvalue weighted by molar-refractivity contribution is 0.129. The topological polar surface area (TPSA) is 74.3 Å². The van der Waals surface area contributed by atoms with Crippen LogP contribution in [-0.2, 0) is 18.5 Å². The Kier molecular flexibility index (Phi) is 5.24. The molecule has 0 aliphatic heterocycles. The number of aryl methyl sites for hydroxylation is 2. The van der Waals surface area contributed by atoms with Gasteiger partial charge in [0.15, 0.2) is 0 Å². The summed E-state index contributed by atoms with van der Waals surface area (Å²) in [5.74, 6) is 0.849. The van der Waals surface area contributed by atoms with Crippen LogP contribution in [0.5, 0.6) is 0 Å². The van der Waals surface area contributed by atoms with Crippen molar-refractivity contribution in [2.24, 2.45) is 18.1 Å². The molecule has 2 unspecified atom stereocenters. The van der Waals surface area contributed by atoms with Crippen LogP contribution in [-0.4, -0.2) is 25.5 Å². The molecule has 8 heteroatoms. The predicted molar refractivity (Wildman–Crippen MR) is 112 cm³/mol. The van der Waals surface area contributed by atoms with Gasteiger partial charge >= 0.3 is 5.69 Å². The molecule has 1 fully saturated rings. The lowest BCUT2D eigenvalue weighted by atomic mass is 10.1. The molecule has 1 aliphatic carbocycles. The summed E-state index contributed by atoms with van der Waals surface area (Å²) < 4.78 is 2.47. The van der Waals surface area contributed by atoms with Crippen molar-refractivity contribution < 1.29 is 4.84 Å². The highest BCUT2D eigenvalue weighted by atomic mass is 35.5. The molecule has 7 nitrogen and oxygen atoms in total. The number of nitrogens with zero attached hydrogens (tertiary/aromatic N) is 5. The van der Waals surface area contributed by atoms with Crippen LogP contribution in [0.4, 0.5) is 0 Å². The van der Waals surface area contributed by atoms with E-state index in [1.165, 1.54) is 14.9 Å². The van der Waals surface area contributed by atoms with Crippen LogP contribution in [0.1, 0.15) is 36.0 Å². The summed E-state index contributed by atoms with van der Waals surface area (Å²) in [4.78, 5) is 17.9. The second-order valence-electron chi connectivity index (χ2n) is 7.38. The molecular formula is C21H22ClN5O2. The number of rotatable bonds is 6. The molecule has 4 rings (SSSR count). The van der Waals surface area contributed by atoms with Gasteiger partial charge < -0.3 is 4.84 Å². The number of hydrogen-bond acceptors (Lipinski definition) is 5. The lowest BCUT2D eigenvalue weighted by Gasteiger charge is -2.10. The van der Waals surface area contributed by atoms with E-state index in [4.69, 9.17) is 16.4 Å². The zero-order valence-electron chi connectivity index (χ0n) is 16.5. The van der Waals surface area contributed by atoms with Gasteiger partial charge in [0.25, 0.3) is 0 Å². The third kappa shape index (κ3) is 3.96. The van der Waals surface area contributed by atoms with Crippen molar-refractivity contribution in [1.29, 1.82) is 0 Å². The fourth-order valence-corrected chi connectivity index (χ4v) is 3.67. The van der Waals surface area contributed by atoms with Crippen molar-refractivity contribution in [1.82, 2.24) is 19.8 Å². The highest BCUT2D eigenvalue weighted by Crippen LogP contribution is 2.48. The Labute approximate surface area is 173 Å². The molecule has 0 N–H and O–H groups in total. The molecule has 0 saturated heterocycles. The van der Waals surface area contributed by atoms with E-state index in [0.717, 1.165) is 28.3 Å². The van der Waals surface area contributed by atoms with E-state index in [1.54, 1.807) is 7.05 Å². The summed E-state index contributed by atoms with van der Waals surface area (Å²) in [6, 6.07) is 13.7. The van der Waals surface area contributed by atoms with Crippen LogP contribution in [0.2, 0.25) is 5.02 Å². The third-order valence-corrected chi connectivity index (χ3v) is 5.63. The first-order valence-electron chi connectivity index (χ1n) is 9.45. The number of tetrazole rings is 1. The molecule has 1 saturated carbocycles. The smallest absolute Gasteiger partial charge is 0.368 e. The average Bonchev–Trinajstić information content (AvgIpc) is 3.44. The van der Waals surface area contributed by atoms with Crippen molar-refractivity contribution >= 4 is 17.3 Å². The molecule has 1 heterocycles. The number of aromatic nitrogens is 4. The standard InChI is InChI=1S/C21H22ClN5O2/c1-13-5-4-6-20(27-21(28)26(3)24-25-27)19(13)12-29-23-14(2)17-11-18(17)15-7-9-16(22)10-8-15/h4-10,17-18H,11-12H2,1-3H3. The fraction of sp³-hybridized carbons (Fsp3) is 0.333. The molecule has 0 spiro atoms. The molecule has 0 amide bonds. The Morgan fingerprint density at radius 3 is 2.69 bits per heavy atom. The Hall–Kier alpha value is -2.93. The van der Waals surface area contributed by atoms with Gasteiger partial charge in [0.2, 0.25) is 0 Å². The summed E-state index contributed by atoms with van der Waals surface area (Å²) in [6.45, 7) is 4.21. The SMILES string of the molecule is CC(=NOCc1c(C)cccc1-n1nnn(C)c1=O)C1CC1c1ccc(Cl)cc1. The molecule has 2 aromatic carbocycles. The molecule has 2 atom stereocenters. The minimum absolute atomic E-state index is 0.251. The predicted octanol–water partition coefficient (Wildman–Crippen LogP) is 3.62. The van der Waals surface area contributed by atoms with Gasteiger partial charge in [0.1, 0.15) is 6.61 Å². The van der Waals surface area contributed by atoms with Gasteiger partial charge in [-0.15, -0.1) is 0 Å². The molecule has 0 radical (unpaired) electrons. The van der Waals surface area contributed by atoms with Crippen LogP contribution in [0.15, 0.2) is 52.4 Å². The van der Waals surface area contributed by atoms with Crippen molar-refractivity contribution in [3.05, 3.63) is 74.7 Å². The average molecular weight is 412 g/mol. The van der Waals surface area contributed by atoms with E-state index < -0.39 is 0 Å². The van der Waals surface area contributed by atoms with Gasteiger partial charge in [-0.2, -0.15) is 9.36 Å². The summed E-state index contributed by atoms with van der Waals surface area (Å²) in [5, 5.41) is 12.8. The second kappa shape index (κ2) is 7.83. The van der Waals surface area contributed by atoms with Gasteiger partial charge in [-0.3, -0.25) is 0 Å². The van der Waals surface area contributed by atoms with Crippen LogP contribution in [0, 0.1) is 12.8 Å². The number of benzene rings is 2. The van der Waals surface area contributed by atoms with Crippen molar-refractivity contribution in [2.45, 2.75) is 32.8 Å². The fourth-order valence-electron chi connectivity index (χ4n) is 3.54. The van der Waals surface area contributed by atoms with Crippen LogP contribution < -0.4 is 5.69 Å². The van der Waals surface area contributed by atoms with Crippen LogP contribution in [0.25, 0.3) is 5.69 Å². The number of hydrogen-bond donors (Lipinski definition) is 0. The first-order chi connectivity index (χ1) is 14.0. The van der Waals surface area contributed by atoms with Gasteiger partial charge in [-0.1, -0.05) is 41.0 Å². The molecule has 29 heavy (non-hydrogen) atoms. The van der Waals surface area contributed by atoms with E-state index in [0.29, 0.717) is 17.5 Å². The monoisotopic (exact) mass is 411 g/mol. The second-order valence-corrected chi connectivity index (χ2v) is 7.81. The van der Waals surface area contributed by atoms with Crippen molar-refractivity contribution in [3.63, 3.8) is 0 Å².